The number of nitrogens with zero attached hydrogens (tertiary/aromatic N) is 5. The van der Waals surface area contributed by atoms with Crippen molar-refractivity contribution in [1.82, 2.24) is 0 Å². The summed E-state index contributed by atoms with van der Waals surface area (Å²) in [7, 11) is 0. The second-order valence-electron chi connectivity index (χ2n) is 17.0. The molecule has 1 aliphatic carbocycles. The number of benzene rings is 6. The lowest BCUT2D eigenvalue weighted by Gasteiger charge is -2.34. The maximum absolute atomic E-state index is 12.9. The van der Waals surface area contributed by atoms with Gasteiger partial charge in [0.05, 0.1) is 28.4 Å². The van der Waals surface area contributed by atoms with Gasteiger partial charge in [-0.15, -0.1) is 11.3 Å². The first-order valence-electron chi connectivity index (χ1n) is 22.6. The van der Waals surface area contributed by atoms with Gasteiger partial charge in [-0.05, 0) is 167 Å². The number of halogens is 6. The molecule has 8 rings (SSSR count). The third-order valence-electron chi connectivity index (χ3n) is 12.3. The molecular formula is C57H46I6N5O2S+. The third kappa shape index (κ3) is 11.9. The lowest BCUT2D eigenvalue weighted by molar-refractivity contribution is -0.435. The van der Waals surface area contributed by atoms with Gasteiger partial charge in [0.25, 0.3) is 5.69 Å². The average Bonchev–Trinajstić information content (AvgIpc) is 3.71. The summed E-state index contributed by atoms with van der Waals surface area (Å²) in [6, 6.07) is 49.2. The largest absolute Gasteiger partial charge is 0.338 e. The predicted molar refractivity (Wildman–Crippen MR) is 349 cm³/mol. The van der Waals surface area contributed by atoms with Crippen molar-refractivity contribution in [3.8, 4) is 17.2 Å². The molecule has 0 radical (unpaired) electrons. The molecular weight excluding hydrogens is 1580 g/mol. The number of nitro benzene ring substituents is 1. The van der Waals surface area contributed by atoms with E-state index < -0.39 is 0 Å². The number of hydrogen-bond acceptors (Lipinski definition) is 6. The number of nitriles is 1. The molecule has 1 aromatic heterocycles. The predicted octanol–water partition coefficient (Wildman–Crippen LogP) is 19.1. The number of nitro groups is 1. The summed E-state index contributed by atoms with van der Waals surface area (Å²) in [5, 5.41) is 25.0. The zero-order chi connectivity index (χ0) is 50.8. The highest BCUT2D eigenvalue weighted by Gasteiger charge is 2.34. The molecule has 1 aliphatic rings. The van der Waals surface area contributed by atoms with Crippen LogP contribution in [0.15, 0.2) is 169 Å². The summed E-state index contributed by atoms with van der Waals surface area (Å²) in [5.74, 6) is 0. The Morgan fingerprint density at radius 3 is 1.86 bits per heavy atom. The first-order valence-corrected chi connectivity index (χ1v) is 29.8. The molecule has 0 aliphatic heterocycles. The van der Waals surface area contributed by atoms with Gasteiger partial charge >= 0.3 is 0 Å². The number of para-hydroxylation sites is 5. The summed E-state index contributed by atoms with van der Waals surface area (Å²) in [6.07, 6.45) is 8.78. The number of allylic oxidation sites excluding steroid dienone is 5. The molecule has 0 spiro atoms. The number of aryl methyl sites for hydroxylation is 4. The van der Waals surface area contributed by atoms with Gasteiger partial charge in [0.1, 0.15) is 22.7 Å². The van der Waals surface area contributed by atoms with Gasteiger partial charge in [-0.2, -0.15) is 9.84 Å². The lowest BCUT2D eigenvalue weighted by atomic mass is 9.90. The highest BCUT2D eigenvalue weighted by atomic mass is 127. The zero-order valence-electron chi connectivity index (χ0n) is 39.2. The molecule has 0 saturated heterocycles. The van der Waals surface area contributed by atoms with Crippen LogP contribution in [0.25, 0.3) is 16.7 Å². The van der Waals surface area contributed by atoms with E-state index >= 15 is 0 Å². The SMILES string of the molecule is CC[N+](=C1C=CC(=C(c2ccc(N(CC(I)(I)I)c3c(C)cccc3C(I)(I)I)cc2)c2sc(N(c3ccccc3C)c3ccccc3[N+](=O)[O-])c(C#N)c2-c2ccccc2)C=C1)c1c(C)cccc1C. The second-order valence-corrected chi connectivity index (χ2v) is 40.7. The number of thiophene rings is 1. The lowest BCUT2D eigenvalue weighted by Crippen LogP contribution is -2.29. The molecule has 14 heteroatoms. The third-order valence-corrected chi connectivity index (χ3v) is 16.2. The van der Waals surface area contributed by atoms with Gasteiger partial charge in [0.2, 0.25) is 11.4 Å². The van der Waals surface area contributed by atoms with E-state index in [-0.39, 0.29) is 9.48 Å². The van der Waals surface area contributed by atoms with Crippen molar-refractivity contribution in [2.45, 2.75) is 33.5 Å². The Labute approximate surface area is 502 Å². The van der Waals surface area contributed by atoms with Crippen LogP contribution in [0, 0.1) is 49.1 Å². The van der Waals surface area contributed by atoms with Crippen LogP contribution < -0.4 is 9.80 Å². The van der Waals surface area contributed by atoms with E-state index in [2.05, 4.69) is 264 Å². The van der Waals surface area contributed by atoms with Gasteiger partial charge in [0.15, 0.2) is -0.565 Å². The van der Waals surface area contributed by atoms with E-state index in [0.717, 1.165) is 68.5 Å². The molecule has 0 saturated carbocycles. The van der Waals surface area contributed by atoms with Crippen molar-refractivity contribution < 1.29 is 9.50 Å². The van der Waals surface area contributed by atoms with E-state index in [9.17, 15) is 15.4 Å². The number of hydrogen-bond donors (Lipinski definition) is 0. The molecule has 7 nitrogen and oxygen atoms in total. The maximum Gasteiger partial charge on any atom is 0.293 e. The van der Waals surface area contributed by atoms with Crippen molar-refractivity contribution in [2.24, 2.45) is 0 Å². The van der Waals surface area contributed by atoms with Crippen molar-refractivity contribution in [3.63, 3.8) is 0 Å². The Kier molecular flexibility index (Phi) is 17.6. The molecule has 0 N–H and O–H groups in total. The molecule has 0 amide bonds. The fourth-order valence-electron chi connectivity index (χ4n) is 9.18. The Balaban J connectivity index is 1.44. The van der Waals surface area contributed by atoms with Crippen molar-refractivity contribution in [1.29, 1.82) is 5.26 Å². The van der Waals surface area contributed by atoms with Crippen LogP contribution in [0.5, 0.6) is 0 Å². The molecule has 71 heavy (non-hydrogen) atoms. The Hall–Kier alpha value is -3.22. The highest BCUT2D eigenvalue weighted by Crippen LogP contribution is 2.55. The summed E-state index contributed by atoms with van der Waals surface area (Å²) in [5.41, 5.74) is 16.3. The summed E-state index contributed by atoms with van der Waals surface area (Å²) >= 11 is 16.7. The highest BCUT2D eigenvalue weighted by molar-refractivity contribution is 14.3. The van der Waals surface area contributed by atoms with Gasteiger partial charge in [-0.3, -0.25) is 15.0 Å². The van der Waals surface area contributed by atoms with Crippen LogP contribution in [-0.2, 0) is -0.565 Å². The molecule has 0 atom stereocenters. The van der Waals surface area contributed by atoms with E-state index in [1.165, 1.54) is 51.0 Å². The molecule has 0 fully saturated rings. The fraction of sp³-hybridized carbons (Fsp3) is 0.158. The molecule has 1 heterocycles. The molecule has 7 aromatic rings. The van der Waals surface area contributed by atoms with Crippen LogP contribution in [0.2, 0.25) is 0 Å². The van der Waals surface area contributed by atoms with Gasteiger partial charge in [-0.1, -0.05) is 177 Å². The quantitative estimate of drug-likeness (QED) is 0.0356. The standard InChI is InChI=1S/C57H46I6N5O2S/c1-6-65(52-37(3)17-14-18-38(52)4)43-30-26-41(27-31-43)50(42-28-32-44(33-29-42)66(35-56(58,59)60)53-39(5)19-15-22-46(53)57(61,62)63)54-51(40-20-8-7-9-21-40)45(34-64)55(71-54)67(47-23-11-10-16-36(47)2)48-24-12-13-25-49(48)68(69)70/h7-33H,6,35H2,1-5H3/q+1. The van der Waals surface area contributed by atoms with Gasteiger partial charge in [-0.25, -0.2) is 0 Å². The smallest absolute Gasteiger partial charge is 0.293 e. The first-order chi connectivity index (χ1) is 33.9. The Morgan fingerprint density at radius 2 is 1.27 bits per heavy atom. The molecule has 0 bridgehead atoms. The van der Waals surface area contributed by atoms with E-state index in [1.807, 2.05) is 72.5 Å². The Bertz CT molecular complexity index is 3310. The normalized spacial score (nSPS) is 12.5. The van der Waals surface area contributed by atoms with Crippen molar-refractivity contribution >= 4 is 197 Å². The summed E-state index contributed by atoms with van der Waals surface area (Å²) in [6.45, 7) is 12.2. The summed E-state index contributed by atoms with van der Waals surface area (Å²) < 4.78 is 2.05. The minimum absolute atomic E-state index is 0.0598. The van der Waals surface area contributed by atoms with E-state index in [1.54, 1.807) is 12.1 Å². The average molecular weight is 1630 g/mol. The maximum atomic E-state index is 12.9. The van der Waals surface area contributed by atoms with Crippen LogP contribution in [0.1, 0.15) is 50.7 Å². The summed E-state index contributed by atoms with van der Waals surface area (Å²) in [4.78, 5) is 17.7. The van der Waals surface area contributed by atoms with E-state index in [0.29, 0.717) is 16.3 Å². The van der Waals surface area contributed by atoms with Crippen molar-refractivity contribution in [2.75, 3.05) is 22.9 Å². The molecule has 6 aromatic carbocycles. The second kappa shape index (κ2) is 23.1. The minimum atomic E-state index is -0.348. The van der Waals surface area contributed by atoms with Crippen LogP contribution in [0.4, 0.5) is 39.1 Å². The zero-order valence-corrected chi connectivity index (χ0v) is 53.0. The van der Waals surface area contributed by atoms with Crippen LogP contribution in [-0.4, -0.2) is 27.7 Å². The monoisotopic (exact) mass is 1630 g/mol. The molecule has 358 valence electrons. The van der Waals surface area contributed by atoms with E-state index in [4.69, 9.17) is 0 Å². The van der Waals surface area contributed by atoms with Crippen LogP contribution >= 0.6 is 147 Å². The van der Waals surface area contributed by atoms with Gasteiger partial charge in [0, 0.05) is 56.6 Å². The minimum Gasteiger partial charge on any atom is -0.338 e. The van der Waals surface area contributed by atoms with Crippen molar-refractivity contribution in [3.05, 3.63) is 223 Å². The molecule has 0 unspecified atom stereocenters. The fourth-order valence-corrected chi connectivity index (χ4v) is 12.9. The topological polar surface area (TPSA) is 76.4 Å². The number of rotatable bonds is 14. The number of alkyl halides is 6. The first kappa shape index (κ1) is 54.1. The van der Waals surface area contributed by atoms with Gasteiger partial charge < -0.3 is 4.90 Å². The Morgan fingerprint density at radius 1 is 0.690 bits per heavy atom. The number of anilines is 5. The van der Waals surface area contributed by atoms with Crippen LogP contribution in [0.3, 0.4) is 0 Å².